The van der Waals surface area contributed by atoms with Gasteiger partial charge in [0.1, 0.15) is 0 Å². The summed E-state index contributed by atoms with van der Waals surface area (Å²) in [6.45, 7) is 11.7. The third-order valence-corrected chi connectivity index (χ3v) is 3.59. The molecule has 20 heavy (non-hydrogen) atoms. The fraction of sp³-hybridized carbons (Fsp3) is 0.938. The molecule has 0 aromatic heterocycles. The van der Waals surface area contributed by atoms with E-state index in [2.05, 4.69) is 32.6 Å². The molecule has 0 heterocycles. The standard InChI is InChI=1S/C16H34N2O2/c1-5-7-10-17(11-8-6-2)16(20)14-18(15(3)4)12-9-13-19/h15,19H,5-14H2,1-4H3. The maximum absolute atomic E-state index is 12.5. The third-order valence-electron chi connectivity index (χ3n) is 3.59. The summed E-state index contributed by atoms with van der Waals surface area (Å²) >= 11 is 0. The van der Waals surface area contributed by atoms with Crippen molar-refractivity contribution < 1.29 is 9.90 Å². The van der Waals surface area contributed by atoms with Crippen LogP contribution in [0.1, 0.15) is 59.8 Å². The molecule has 4 nitrogen and oxygen atoms in total. The Morgan fingerprint density at radius 3 is 1.95 bits per heavy atom. The number of rotatable bonds is 12. The first-order valence-electron chi connectivity index (χ1n) is 8.19. The Balaban J connectivity index is 4.43. The maximum atomic E-state index is 12.5. The molecule has 0 spiro atoms. The van der Waals surface area contributed by atoms with Crippen molar-refractivity contribution in [3.8, 4) is 0 Å². The Hall–Kier alpha value is -0.610. The van der Waals surface area contributed by atoms with Gasteiger partial charge in [-0.05, 0) is 33.1 Å². The predicted octanol–water partition coefficient (Wildman–Crippen LogP) is 2.51. The molecule has 0 aromatic rings. The Morgan fingerprint density at radius 1 is 1.00 bits per heavy atom. The van der Waals surface area contributed by atoms with Gasteiger partial charge in [0.2, 0.25) is 5.91 Å². The number of unbranched alkanes of at least 4 members (excludes halogenated alkanes) is 2. The summed E-state index contributed by atoms with van der Waals surface area (Å²) in [5.41, 5.74) is 0. The average molecular weight is 286 g/mol. The van der Waals surface area contributed by atoms with Gasteiger partial charge in [-0.25, -0.2) is 0 Å². The van der Waals surface area contributed by atoms with E-state index in [-0.39, 0.29) is 12.5 Å². The summed E-state index contributed by atoms with van der Waals surface area (Å²) < 4.78 is 0. The van der Waals surface area contributed by atoms with Crippen molar-refractivity contribution in [3.63, 3.8) is 0 Å². The lowest BCUT2D eigenvalue weighted by Crippen LogP contribution is -2.44. The first kappa shape index (κ1) is 19.4. The predicted molar refractivity (Wildman–Crippen MR) is 84.8 cm³/mol. The second kappa shape index (κ2) is 12.2. The highest BCUT2D eigenvalue weighted by molar-refractivity contribution is 5.78. The topological polar surface area (TPSA) is 43.8 Å². The van der Waals surface area contributed by atoms with Gasteiger partial charge in [0.25, 0.3) is 0 Å². The van der Waals surface area contributed by atoms with Crippen LogP contribution in [0, 0.1) is 0 Å². The molecule has 0 aliphatic heterocycles. The van der Waals surface area contributed by atoms with Crippen LogP contribution in [-0.2, 0) is 4.79 Å². The molecule has 0 saturated heterocycles. The molecule has 0 fully saturated rings. The molecule has 0 saturated carbocycles. The van der Waals surface area contributed by atoms with E-state index < -0.39 is 0 Å². The number of hydrogen-bond acceptors (Lipinski definition) is 3. The zero-order valence-corrected chi connectivity index (χ0v) is 13.9. The summed E-state index contributed by atoms with van der Waals surface area (Å²) in [5.74, 6) is 0.235. The van der Waals surface area contributed by atoms with Crippen molar-refractivity contribution >= 4 is 5.91 Å². The Morgan fingerprint density at radius 2 is 1.55 bits per heavy atom. The van der Waals surface area contributed by atoms with Crippen molar-refractivity contribution in [2.45, 2.75) is 65.8 Å². The molecule has 1 amide bonds. The molecule has 4 heteroatoms. The minimum absolute atomic E-state index is 0.187. The van der Waals surface area contributed by atoms with Crippen molar-refractivity contribution in [2.24, 2.45) is 0 Å². The largest absolute Gasteiger partial charge is 0.396 e. The molecule has 0 aromatic carbocycles. The van der Waals surface area contributed by atoms with Crippen LogP contribution in [0.5, 0.6) is 0 Å². The first-order valence-corrected chi connectivity index (χ1v) is 8.19. The van der Waals surface area contributed by atoms with E-state index >= 15 is 0 Å². The molecule has 0 rings (SSSR count). The molecule has 0 aliphatic rings. The molecular weight excluding hydrogens is 252 g/mol. The quantitative estimate of drug-likeness (QED) is 0.599. The highest BCUT2D eigenvalue weighted by Crippen LogP contribution is 2.05. The zero-order valence-electron chi connectivity index (χ0n) is 13.9. The van der Waals surface area contributed by atoms with Crippen LogP contribution in [0.2, 0.25) is 0 Å². The highest BCUT2D eigenvalue weighted by atomic mass is 16.3. The minimum Gasteiger partial charge on any atom is -0.396 e. The molecule has 0 aliphatic carbocycles. The van der Waals surface area contributed by atoms with Gasteiger partial charge in [0, 0.05) is 32.3 Å². The van der Waals surface area contributed by atoms with E-state index in [4.69, 9.17) is 5.11 Å². The molecule has 1 N–H and O–H groups in total. The summed E-state index contributed by atoms with van der Waals surface area (Å²) in [4.78, 5) is 16.6. The number of hydrogen-bond donors (Lipinski definition) is 1. The summed E-state index contributed by atoms with van der Waals surface area (Å²) in [5, 5.41) is 8.95. The normalized spacial score (nSPS) is 11.3. The Labute approximate surface area is 125 Å². The van der Waals surface area contributed by atoms with Crippen molar-refractivity contribution in [1.29, 1.82) is 0 Å². The minimum atomic E-state index is 0.187. The SMILES string of the molecule is CCCCN(CCCC)C(=O)CN(CCCO)C(C)C. The first-order chi connectivity index (χ1) is 9.56. The van der Waals surface area contributed by atoms with Crippen molar-refractivity contribution in [3.05, 3.63) is 0 Å². The number of aliphatic hydroxyl groups excluding tert-OH is 1. The van der Waals surface area contributed by atoms with E-state index in [1.165, 1.54) is 0 Å². The van der Waals surface area contributed by atoms with E-state index in [1.54, 1.807) is 0 Å². The highest BCUT2D eigenvalue weighted by Gasteiger charge is 2.18. The number of carbonyl (C=O) groups excluding carboxylic acids is 1. The summed E-state index contributed by atoms with van der Waals surface area (Å²) in [6.07, 6.45) is 5.12. The van der Waals surface area contributed by atoms with Crippen LogP contribution in [0.15, 0.2) is 0 Å². The van der Waals surface area contributed by atoms with Gasteiger partial charge in [-0.3, -0.25) is 9.69 Å². The lowest BCUT2D eigenvalue weighted by molar-refractivity contribution is -0.133. The Bertz CT molecular complexity index is 237. The molecule has 0 bridgehead atoms. The van der Waals surface area contributed by atoms with Gasteiger partial charge < -0.3 is 10.0 Å². The smallest absolute Gasteiger partial charge is 0.236 e. The van der Waals surface area contributed by atoms with Gasteiger partial charge in [0.15, 0.2) is 0 Å². The second-order valence-corrected chi connectivity index (χ2v) is 5.73. The number of nitrogens with zero attached hydrogens (tertiary/aromatic N) is 2. The van der Waals surface area contributed by atoms with Gasteiger partial charge in [-0.15, -0.1) is 0 Å². The summed E-state index contributed by atoms with van der Waals surface area (Å²) in [6, 6.07) is 0.338. The number of carbonyl (C=O) groups is 1. The van der Waals surface area contributed by atoms with Crippen LogP contribution < -0.4 is 0 Å². The van der Waals surface area contributed by atoms with Crippen molar-refractivity contribution in [1.82, 2.24) is 9.80 Å². The monoisotopic (exact) mass is 286 g/mol. The van der Waals surface area contributed by atoms with Gasteiger partial charge in [-0.2, -0.15) is 0 Å². The van der Waals surface area contributed by atoms with E-state index in [1.807, 2.05) is 4.90 Å². The van der Waals surface area contributed by atoms with Crippen LogP contribution in [0.4, 0.5) is 0 Å². The van der Waals surface area contributed by atoms with Gasteiger partial charge >= 0.3 is 0 Å². The lowest BCUT2D eigenvalue weighted by Gasteiger charge is -2.29. The number of amides is 1. The van der Waals surface area contributed by atoms with Gasteiger partial charge in [-0.1, -0.05) is 26.7 Å². The second-order valence-electron chi connectivity index (χ2n) is 5.73. The average Bonchev–Trinajstić information content (AvgIpc) is 2.43. The molecule has 0 unspecified atom stereocenters. The fourth-order valence-electron chi connectivity index (χ4n) is 2.13. The van der Waals surface area contributed by atoms with Crippen LogP contribution in [-0.4, -0.2) is 59.6 Å². The molecule has 0 atom stereocenters. The van der Waals surface area contributed by atoms with E-state index in [0.717, 1.165) is 51.7 Å². The summed E-state index contributed by atoms with van der Waals surface area (Å²) in [7, 11) is 0. The van der Waals surface area contributed by atoms with Crippen LogP contribution >= 0.6 is 0 Å². The molecule has 120 valence electrons. The lowest BCUT2D eigenvalue weighted by atomic mass is 10.2. The van der Waals surface area contributed by atoms with E-state index in [9.17, 15) is 4.79 Å². The van der Waals surface area contributed by atoms with Gasteiger partial charge in [0.05, 0.1) is 6.54 Å². The third kappa shape index (κ3) is 8.54. The van der Waals surface area contributed by atoms with Crippen molar-refractivity contribution in [2.75, 3.05) is 32.8 Å². The number of aliphatic hydroxyl groups is 1. The fourth-order valence-corrected chi connectivity index (χ4v) is 2.13. The molecular formula is C16H34N2O2. The molecule has 0 radical (unpaired) electrons. The zero-order chi connectivity index (χ0) is 15.4. The van der Waals surface area contributed by atoms with Crippen LogP contribution in [0.3, 0.4) is 0 Å². The Kier molecular flexibility index (Phi) is 11.8. The maximum Gasteiger partial charge on any atom is 0.236 e. The van der Waals surface area contributed by atoms with E-state index in [0.29, 0.717) is 12.6 Å². The van der Waals surface area contributed by atoms with Crippen LogP contribution in [0.25, 0.3) is 0 Å².